The number of thioether (sulfide) groups is 1. The first-order valence-electron chi connectivity index (χ1n) is 6.59. The highest BCUT2D eigenvalue weighted by atomic mass is 79.9. The van der Waals surface area contributed by atoms with Crippen molar-refractivity contribution in [2.45, 2.75) is 11.8 Å². The molecule has 0 aliphatic rings. The summed E-state index contributed by atoms with van der Waals surface area (Å²) in [5.41, 5.74) is 6.41. The summed E-state index contributed by atoms with van der Waals surface area (Å²) in [4.78, 5) is 24.6. The lowest BCUT2D eigenvalue weighted by Gasteiger charge is -2.08. The summed E-state index contributed by atoms with van der Waals surface area (Å²) in [6.45, 7) is 1.99. The van der Waals surface area contributed by atoms with Crippen molar-refractivity contribution in [2.24, 2.45) is 0 Å². The molecule has 2 aromatic carbocycles. The minimum Gasteiger partial charge on any atom is -0.272 e. The number of carbonyl (C=O) groups excluding carboxylic acids is 2. The summed E-state index contributed by atoms with van der Waals surface area (Å²) >= 11 is 4.83. The molecule has 0 heterocycles. The van der Waals surface area contributed by atoms with E-state index < -0.39 is 0 Å². The van der Waals surface area contributed by atoms with Crippen LogP contribution in [-0.2, 0) is 4.79 Å². The Bertz CT molecular complexity index is 677. The Morgan fingerprint density at radius 1 is 1.09 bits per heavy atom. The largest absolute Gasteiger partial charge is 0.272 e. The number of hydrazine groups is 1. The molecule has 4 nitrogen and oxygen atoms in total. The van der Waals surface area contributed by atoms with Crippen molar-refractivity contribution in [3.05, 3.63) is 64.1 Å². The lowest BCUT2D eigenvalue weighted by atomic mass is 10.2. The Hall–Kier alpha value is -1.79. The second-order valence-electron chi connectivity index (χ2n) is 4.57. The van der Waals surface area contributed by atoms with Crippen molar-refractivity contribution in [3.63, 3.8) is 0 Å². The van der Waals surface area contributed by atoms with E-state index in [1.54, 1.807) is 24.3 Å². The third-order valence-electron chi connectivity index (χ3n) is 2.85. The molecular weight excluding hydrogens is 364 g/mol. The van der Waals surface area contributed by atoms with Gasteiger partial charge in [0, 0.05) is 14.9 Å². The number of rotatable bonds is 4. The number of amides is 2. The van der Waals surface area contributed by atoms with Crippen LogP contribution in [0.2, 0.25) is 0 Å². The molecule has 0 aliphatic carbocycles. The number of benzene rings is 2. The van der Waals surface area contributed by atoms with Gasteiger partial charge in [-0.25, -0.2) is 0 Å². The molecule has 6 heteroatoms. The lowest BCUT2D eigenvalue weighted by Crippen LogP contribution is -2.42. The molecular formula is C16H15BrN2O2S. The molecule has 0 unspecified atom stereocenters. The van der Waals surface area contributed by atoms with Crippen molar-refractivity contribution in [1.29, 1.82) is 0 Å². The number of hydrogen-bond acceptors (Lipinski definition) is 3. The molecule has 2 rings (SSSR count). The summed E-state index contributed by atoms with van der Waals surface area (Å²) in [5, 5.41) is 0. The van der Waals surface area contributed by atoms with Crippen LogP contribution in [0, 0.1) is 6.92 Å². The highest BCUT2D eigenvalue weighted by molar-refractivity contribution is 9.10. The molecule has 0 saturated heterocycles. The third-order valence-corrected chi connectivity index (χ3v) is 4.52. The number of nitrogens with one attached hydrogen (secondary N) is 2. The van der Waals surface area contributed by atoms with E-state index in [1.165, 1.54) is 11.8 Å². The maximum absolute atomic E-state index is 11.8. The second kappa shape index (κ2) is 8.00. The van der Waals surface area contributed by atoms with Gasteiger partial charge in [-0.1, -0.05) is 34.1 Å². The van der Waals surface area contributed by atoms with Gasteiger partial charge in [-0.3, -0.25) is 20.4 Å². The van der Waals surface area contributed by atoms with Crippen LogP contribution in [0.15, 0.2) is 57.9 Å². The predicted molar refractivity (Wildman–Crippen MR) is 91.7 cm³/mol. The number of halogens is 1. The van der Waals surface area contributed by atoms with Gasteiger partial charge in [0.25, 0.3) is 5.91 Å². The molecule has 0 aromatic heterocycles. The average Bonchev–Trinajstić information content (AvgIpc) is 2.52. The van der Waals surface area contributed by atoms with Crippen LogP contribution in [-0.4, -0.2) is 17.6 Å². The van der Waals surface area contributed by atoms with Gasteiger partial charge < -0.3 is 0 Å². The number of aryl methyl sites for hydroxylation is 1. The summed E-state index contributed by atoms with van der Waals surface area (Å²) in [6.07, 6.45) is 0. The Labute approximate surface area is 141 Å². The van der Waals surface area contributed by atoms with Crippen molar-refractivity contribution in [3.8, 4) is 0 Å². The molecule has 22 heavy (non-hydrogen) atoms. The monoisotopic (exact) mass is 378 g/mol. The van der Waals surface area contributed by atoms with Crippen LogP contribution in [0.4, 0.5) is 0 Å². The van der Waals surface area contributed by atoms with Crippen LogP contribution in [0.1, 0.15) is 15.9 Å². The zero-order valence-corrected chi connectivity index (χ0v) is 14.3. The van der Waals surface area contributed by atoms with Gasteiger partial charge in [-0.05, 0) is 42.8 Å². The normalized spacial score (nSPS) is 10.1. The van der Waals surface area contributed by atoms with Crippen molar-refractivity contribution >= 4 is 39.5 Å². The maximum Gasteiger partial charge on any atom is 0.269 e. The summed E-state index contributed by atoms with van der Waals surface area (Å²) < 4.78 is 1.01. The predicted octanol–water partition coefficient (Wildman–Crippen LogP) is 3.31. The van der Waals surface area contributed by atoms with E-state index in [2.05, 4.69) is 26.8 Å². The van der Waals surface area contributed by atoms with E-state index in [9.17, 15) is 9.59 Å². The minimum absolute atomic E-state index is 0.234. The SMILES string of the molecule is Cc1cc(Br)ccc1SCC(=O)NNC(=O)c1ccccc1. The average molecular weight is 379 g/mol. The van der Waals surface area contributed by atoms with E-state index in [1.807, 2.05) is 31.2 Å². The molecule has 0 bridgehead atoms. The highest BCUT2D eigenvalue weighted by Crippen LogP contribution is 2.24. The van der Waals surface area contributed by atoms with E-state index in [4.69, 9.17) is 0 Å². The second-order valence-corrected chi connectivity index (χ2v) is 6.50. The fraction of sp³-hybridized carbons (Fsp3) is 0.125. The van der Waals surface area contributed by atoms with Gasteiger partial charge >= 0.3 is 0 Å². The number of carbonyl (C=O) groups is 2. The van der Waals surface area contributed by atoms with Crippen LogP contribution in [0.5, 0.6) is 0 Å². The molecule has 0 spiro atoms. The fourth-order valence-electron chi connectivity index (χ4n) is 1.74. The van der Waals surface area contributed by atoms with Gasteiger partial charge in [0.1, 0.15) is 0 Å². The van der Waals surface area contributed by atoms with Gasteiger partial charge in [-0.15, -0.1) is 11.8 Å². The molecule has 0 fully saturated rings. The quantitative estimate of drug-likeness (QED) is 0.633. The maximum atomic E-state index is 11.8. The molecule has 0 aliphatic heterocycles. The Balaban J connectivity index is 1.80. The van der Waals surface area contributed by atoms with Crippen molar-refractivity contribution in [1.82, 2.24) is 10.9 Å². The van der Waals surface area contributed by atoms with Crippen LogP contribution in [0.25, 0.3) is 0 Å². The van der Waals surface area contributed by atoms with E-state index in [0.717, 1.165) is 14.9 Å². The molecule has 2 N–H and O–H groups in total. The van der Waals surface area contributed by atoms with Crippen LogP contribution >= 0.6 is 27.7 Å². The Morgan fingerprint density at radius 2 is 1.82 bits per heavy atom. The summed E-state index contributed by atoms with van der Waals surface area (Å²) in [5.74, 6) is -0.354. The summed E-state index contributed by atoms with van der Waals surface area (Å²) in [6, 6.07) is 14.6. The van der Waals surface area contributed by atoms with Gasteiger partial charge in [0.15, 0.2) is 0 Å². The van der Waals surface area contributed by atoms with Crippen LogP contribution in [0.3, 0.4) is 0 Å². The Morgan fingerprint density at radius 3 is 2.50 bits per heavy atom. The van der Waals surface area contributed by atoms with Crippen molar-refractivity contribution in [2.75, 3.05) is 5.75 Å². The minimum atomic E-state index is -0.334. The first-order chi connectivity index (χ1) is 10.6. The smallest absolute Gasteiger partial charge is 0.269 e. The zero-order chi connectivity index (χ0) is 15.9. The van der Waals surface area contributed by atoms with Gasteiger partial charge in [0.05, 0.1) is 5.75 Å². The van der Waals surface area contributed by atoms with Gasteiger partial charge in [0.2, 0.25) is 5.91 Å². The molecule has 2 amide bonds. The topological polar surface area (TPSA) is 58.2 Å². The molecule has 0 saturated carbocycles. The lowest BCUT2D eigenvalue weighted by molar-refractivity contribution is -0.119. The fourth-order valence-corrected chi connectivity index (χ4v) is 3.03. The highest BCUT2D eigenvalue weighted by Gasteiger charge is 2.08. The first-order valence-corrected chi connectivity index (χ1v) is 8.37. The van der Waals surface area contributed by atoms with E-state index in [0.29, 0.717) is 5.56 Å². The third kappa shape index (κ3) is 4.89. The molecule has 0 atom stereocenters. The molecule has 2 aromatic rings. The number of hydrogen-bond donors (Lipinski definition) is 2. The first kappa shape index (κ1) is 16.6. The standard InChI is InChI=1S/C16H15BrN2O2S/c1-11-9-13(17)7-8-14(11)22-10-15(20)18-19-16(21)12-5-3-2-4-6-12/h2-9H,10H2,1H3,(H,18,20)(H,19,21). The molecule has 114 valence electrons. The zero-order valence-electron chi connectivity index (χ0n) is 11.9. The molecule has 0 radical (unpaired) electrons. The van der Waals surface area contributed by atoms with E-state index >= 15 is 0 Å². The summed E-state index contributed by atoms with van der Waals surface area (Å²) in [7, 11) is 0. The van der Waals surface area contributed by atoms with Crippen molar-refractivity contribution < 1.29 is 9.59 Å². The van der Waals surface area contributed by atoms with Gasteiger partial charge in [-0.2, -0.15) is 0 Å². The van der Waals surface area contributed by atoms with Crippen LogP contribution < -0.4 is 10.9 Å². The Kier molecular flexibility index (Phi) is 6.03. The van der Waals surface area contributed by atoms with E-state index in [-0.39, 0.29) is 17.6 Å².